The summed E-state index contributed by atoms with van der Waals surface area (Å²) in [6.07, 6.45) is 2.29. The van der Waals surface area contributed by atoms with Crippen molar-refractivity contribution in [3.63, 3.8) is 0 Å². The molecule has 0 unspecified atom stereocenters. The maximum Gasteiger partial charge on any atom is 0.251 e. The third kappa shape index (κ3) is 4.31. The molecule has 4 rings (SSSR count). The second-order valence-corrected chi connectivity index (χ2v) is 7.64. The fourth-order valence-corrected chi connectivity index (χ4v) is 3.96. The number of likely N-dealkylation sites (tertiary alicyclic amines) is 1. The Balaban J connectivity index is 1.32. The summed E-state index contributed by atoms with van der Waals surface area (Å²) in [5.41, 5.74) is 3.58. The van der Waals surface area contributed by atoms with Crippen molar-refractivity contribution in [1.29, 1.82) is 0 Å². The molecule has 2 amide bonds. The van der Waals surface area contributed by atoms with Gasteiger partial charge in [-0.25, -0.2) is 4.98 Å². The van der Waals surface area contributed by atoms with Gasteiger partial charge in [0.05, 0.1) is 11.0 Å². The standard InChI is InChI=1S/C23H26N4O2/c1-16-7-2-3-9-18(16)23(29)24-13-12-21(28)27-14-6-8-17(15-27)22-25-19-10-4-5-11-20(19)26-22/h2-5,7,9-11,17H,6,8,12-15H2,1H3,(H,24,29)(H,25,26)/t17-/m0/s1. The number of hydrogen-bond donors (Lipinski definition) is 2. The summed E-state index contributed by atoms with van der Waals surface area (Å²) in [6.45, 7) is 3.69. The average Bonchev–Trinajstić information content (AvgIpc) is 3.18. The quantitative estimate of drug-likeness (QED) is 0.701. The number of carbonyl (C=O) groups excluding carboxylic acids is 2. The molecule has 150 valence electrons. The zero-order valence-corrected chi connectivity index (χ0v) is 16.6. The molecule has 6 heteroatoms. The van der Waals surface area contributed by atoms with Gasteiger partial charge in [0.1, 0.15) is 5.82 Å². The molecule has 0 radical (unpaired) electrons. The second-order valence-electron chi connectivity index (χ2n) is 7.64. The van der Waals surface area contributed by atoms with Crippen molar-refractivity contribution >= 4 is 22.8 Å². The van der Waals surface area contributed by atoms with E-state index >= 15 is 0 Å². The fraction of sp³-hybridized carbons (Fsp3) is 0.348. The van der Waals surface area contributed by atoms with E-state index in [1.54, 1.807) is 6.07 Å². The van der Waals surface area contributed by atoms with Crippen LogP contribution in [0.25, 0.3) is 11.0 Å². The van der Waals surface area contributed by atoms with Crippen molar-refractivity contribution in [2.45, 2.75) is 32.1 Å². The number of aryl methyl sites for hydroxylation is 1. The van der Waals surface area contributed by atoms with Crippen molar-refractivity contribution in [1.82, 2.24) is 20.2 Å². The molecule has 2 heterocycles. The first-order valence-corrected chi connectivity index (χ1v) is 10.2. The van der Waals surface area contributed by atoms with Gasteiger partial charge in [-0.05, 0) is 43.5 Å². The number of piperidine rings is 1. The number of nitrogens with zero attached hydrogens (tertiary/aromatic N) is 2. The predicted molar refractivity (Wildman–Crippen MR) is 113 cm³/mol. The minimum atomic E-state index is -0.130. The van der Waals surface area contributed by atoms with Crippen molar-refractivity contribution in [3.8, 4) is 0 Å². The second kappa shape index (κ2) is 8.47. The molecular weight excluding hydrogens is 364 g/mol. The number of imidazole rings is 1. The molecule has 1 saturated heterocycles. The molecule has 29 heavy (non-hydrogen) atoms. The Kier molecular flexibility index (Phi) is 5.60. The van der Waals surface area contributed by atoms with E-state index in [0.29, 0.717) is 25.1 Å². The van der Waals surface area contributed by atoms with Crippen LogP contribution in [0.3, 0.4) is 0 Å². The highest BCUT2D eigenvalue weighted by atomic mass is 16.2. The summed E-state index contributed by atoms with van der Waals surface area (Å²) in [5, 5.41) is 2.87. The third-order valence-corrected chi connectivity index (χ3v) is 5.58. The lowest BCUT2D eigenvalue weighted by molar-refractivity contribution is -0.132. The molecule has 0 bridgehead atoms. The van der Waals surface area contributed by atoms with Crippen LogP contribution in [0.4, 0.5) is 0 Å². The number of aromatic amines is 1. The summed E-state index contributed by atoms with van der Waals surface area (Å²) < 4.78 is 0. The topological polar surface area (TPSA) is 78.1 Å². The van der Waals surface area contributed by atoms with E-state index in [-0.39, 0.29) is 17.7 Å². The maximum atomic E-state index is 12.7. The lowest BCUT2D eigenvalue weighted by Gasteiger charge is -2.32. The van der Waals surface area contributed by atoms with Crippen LogP contribution in [0.5, 0.6) is 0 Å². The van der Waals surface area contributed by atoms with Gasteiger partial charge in [0, 0.05) is 37.5 Å². The van der Waals surface area contributed by atoms with Gasteiger partial charge < -0.3 is 15.2 Å². The first kappa shape index (κ1) is 19.2. The number of para-hydroxylation sites is 2. The largest absolute Gasteiger partial charge is 0.352 e. The number of amides is 2. The molecule has 1 aliphatic rings. The van der Waals surface area contributed by atoms with Gasteiger partial charge in [-0.1, -0.05) is 30.3 Å². The molecule has 2 N–H and O–H groups in total. The van der Waals surface area contributed by atoms with Gasteiger partial charge in [0.15, 0.2) is 0 Å². The predicted octanol–water partition coefficient (Wildman–Crippen LogP) is 3.40. The van der Waals surface area contributed by atoms with Gasteiger partial charge >= 0.3 is 0 Å². The summed E-state index contributed by atoms with van der Waals surface area (Å²) in [6, 6.07) is 15.5. The maximum absolute atomic E-state index is 12.7. The van der Waals surface area contributed by atoms with Gasteiger partial charge in [0.25, 0.3) is 5.91 Å². The Labute approximate surface area is 170 Å². The molecule has 1 atom stereocenters. The summed E-state index contributed by atoms with van der Waals surface area (Å²) in [5.74, 6) is 1.13. The minimum Gasteiger partial charge on any atom is -0.352 e. The smallest absolute Gasteiger partial charge is 0.251 e. The molecule has 2 aromatic carbocycles. The number of nitrogens with one attached hydrogen (secondary N) is 2. The number of hydrogen-bond acceptors (Lipinski definition) is 3. The summed E-state index contributed by atoms with van der Waals surface area (Å²) >= 11 is 0. The van der Waals surface area contributed by atoms with Crippen molar-refractivity contribution in [3.05, 3.63) is 65.5 Å². The monoisotopic (exact) mass is 390 g/mol. The average molecular weight is 390 g/mol. The van der Waals surface area contributed by atoms with Crippen LogP contribution >= 0.6 is 0 Å². The highest BCUT2D eigenvalue weighted by Gasteiger charge is 2.26. The molecule has 1 aliphatic heterocycles. The molecule has 3 aromatic rings. The zero-order valence-electron chi connectivity index (χ0n) is 16.6. The van der Waals surface area contributed by atoms with Gasteiger partial charge in [-0.15, -0.1) is 0 Å². The lowest BCUT2D eigenvalue weighted by atomic mass is 9.97. The highest BCUT2D eigenvalue weighted by molar-refractivity contribution is 5.95. The number of carbonyl (C=O) groups is 2. The van der Waals surface area contributed by atoms with Gasteiger partial charge in [0.2, 0.25) is 5.91 Å². The first-order valence-electron chi connectivity index (χ1n) is 10.2. The summed E-state index contributed by atoms with van der Waals surface area (Å²) in [7, 11) is 0. The van der Waals surface area contributed by atoms with Crippen molar-refractivity contribution in [2.24, 2.45) is 0 Å². The minimum absolute atomic E-state index is 0.0795. The molecular formula is C23H26N4O2. The van der Waals surface area contributed by atoms with E-state index < -0.39 is 0 Å². The van der Waals surface area contributed by atoms with E-state index in [9.17, 15) is 9.59 Å². The number of fused-ring (bicyclic) bond motifs is 1. The van der Waals surface area contributed by atoms with E-state index in [1.807, 2.05) is 54.3 Å². The number of benzene rings is 2. The van der Waals surface area contributed by atoms with Crippen LogP contribution in [0.2, 0.25) is 0 Å². The fourth-order valence-electron chi connectivity index (χ4n) is 3.96. The number of aromatic nitrogens is 2. The third-order valence-electron chi connectivity index (χ3n) is 5.58. The molecule has 1 fully saturated rings. The van der Waals surface area contributed by atoms with Crippen molar-refractivity contribution in [2.75, 3.05) is 19.6 Å². The van der Waals surface area contributed by atoms with Crippen molar-refractivity contribution < 1.29 is 9.59 Å². The van der Waals surface area contributed by atoms with E-state index in [4.69, 9.17) is 4.98 Å². The first-order chi connectivity index (χ1) is 14.1. The zero-order chi connectivity index (χ0) is 20.2. The lowest BCUT2D eigenvalue weighted by Crippen LogP contribution is -2.40. The Morgan fingerprint density at radius 3 is 2.79 bits per heavy atom. The Bertz CT molecular complexity index is 993. The van der Waals surface area contributed by atoms with Crippen LogP contribution in [0.15, 0.2) is 48.5 Å². The van der Waals surface area contributed by atoms with Crippen LogP contribution in [0, 0.1) is 6.92 Å². The molecule has 6 nitrogen and oxygen atoms in total. The van der Waals surface area contributed by atoms with Crippen LogP contribution in [0.1, 0.15) is 46.9 Å². The van der Waals surface area contributed by atoms with Crippen LogP contribution in [-0.2, 0) is 4.79 Å². The van der Waals surface area contributed by atoms with E-state index in [1.165, 1.54) is 0 Å². The van der Waals surface area contributed by atoms with Gasteiger partial charge in [-0.2, -0.15) is 0 Å². The molecule has 0 spiro atoms. The molecule has 1 aromatic heterocycles. The normalized spacial score (nSPS) is 16.7. The van der Waals surface area contributed by atoms with E-state index in [0.717, 1.165) is 41.8 Å². The molecule has 0 saturated carbocycles. The van der Waals surface area contributed by atoms with Crippen LogP contribution < -0.4 is 5.32 Å². The Morgan fingerprint density at radius 2 is 1.97 bits per heavy atom. The highest BCUT2D eigenvalue weighted by Crippen LogP contribution is 2.27. The molecule has 0 aliphatic carbocycles. The SMILES string of the molecule is Cc1ccccc1C(=O)NCCC(=O)N1CCC[C@H](c2nc3ccccc3[nH]2)C1. The Morgan fingerprint density at radius 1 is 1.17 bits per heavy atom. The van der Waals surface area contributed by atoms with Crippen LogP contribution in [-0.4, -0.2) is 46.3 Å². The van der Waals surface area contributed by atoms with Gasteiger partial charge in [-0.3, -0.25) is 9.59 Å². The summed E-state index contributed by atoms with van der Waals surface area (Å²) in [4.78, 5) is 35.0. The number of H-pyrrole nitrogens is 1. The Hall–Kier alpha value is -3.15. The number of rotatable bonds is 5. The van der Waals surface area contributed by atoms with E-state index in [2.05, 4.69) is 10.3 Å².